The topological polar surface area (TPSA) is 43.6 Å². The van der Waals surface area contributed by atoms with Crippen molar-refractivity contribution in [3.63, 3.8) is 0 Å². The highest BCUT2D eigenvalue weighted by molar-refractivity contribution is 5.83. The van der Waals surface area contributed by atoms with Crippen LogP contribution in [-0.4, -0.2) is 21.8 Å². The first kappa shape index (κ1) is 15.2. The minimum Gasteiger partial charge on any atom is -0.491 e. The van der Waals surface area contributed by atoms with E-state index in [-0.39, 0.29) is 24.4 Å². The Morgan fingerprint density at radius 3 is 2.91 bits per heavy atom. The number of Topliss-reactive ketones (excluding diaryl/α,β-unsaturated/α-hetero) is 1. The Hall–Kier alpha value is -2.69. The van der Waals surface area contributed by atoms with Crippen LogP contribution >= 0.6 is 0 Å². The first-order chi connectivity index (χ1) is 11.2. The van der Waals surface area contributed by atoms with Crippen LogP contribution in [0.5, 0.6) is 5.75 Å². The van der Waals surface area contributed by atoms with Crippen LogP contribution in [0.25, 0.3) is 5.65 Å². The van der Waals surface area contributed by atoms with E-state index < -0.39 is 5.82 Å². The van der Waals surface area contributed by atoms with Crippen LogP contribution in [0.4, 0.5) is 4.39 Å². The molecule has 4 nitrogen and oxygen atoms in total. The highest BCUT2D eigenvalue weighted by Crippen LogP contribution is 2.19. The van der Waals surface area contributed by atoms with E-state index >= 15 is 0 Å². The van der Waals surface area contributed by atoms with Gasteiger partial charge in [0.15, 0.2) is 11.6 Å². The number of imidazole rings is 1. The summed E-state index contributed by atoms with van der Waals surface area (Å²) in [6.45, 7) is 2.21. The molecule has 23 heavy (non-hydrogen) atoms. The molecule has 0 aliphatic rings. The molecule has 0 saturated carbocycles. The van der Waals surface area contributed by atoms with Crippen molar-refractivity contribution in [2.75, 3.05) is 6.61 Å². The van der Waals surface area contributed by atoms with E-state index in [2.05, 4.69) is 4.98 Å². The zero-order valence-corrected chi connectivity index (χ0v) is 12.8. The van der Waals surface area contributed by atoms with E-state index in [4.69, 9.17) is 4.74 Å². The van der Waals surface area contributed by atoms with Crippen molar-refractivity contribution in [3.05, 3.63) is 65.9 Å². The smallest absolute Gasteiger partial charge is 0.165 e. The molecule has 2 aromatic heterocycles. The van der Waals surface area contributed by atoms with Crippen LogP contribution in [0.15, 0.2) is 48.8 Å². The Bertz CT molecular complexity index is 842. The number of hydrogen-bond donors (Lipinski definition) is 0. The average Bonchev–Trinajstić information content (AvgIpc) is 3.00. The highest BCUT2D eigenvalue weighted by Gasteiger charge is 2.10. The SMILES string of the molecule is CCOc1ccc(CC(=O)Cc2cccc3nccn23)cc1F. The van der Waals surface area contributed by atoms with Gasteiger partial charge in [0.25, 0.3) is 0 Å². The first-order valence-corrected chi connectivity index (χ1v) is 7.51. The van der Waals surface area contributed by atoms with Crippen LogP contribution in [-0.2, 0) is 17.6 Å². The first-order valence-electron chi connectivity index (χ1n) is 7.51. The molecule has 0 N–H and O–H groups in total. The summed E-state index contributed by atoms with van der Waals surface area (Å²) in [6.07, 6.45) is 4.00. The molecular formula is C18H17FN2O2. The van der Waals surface area contributed by atoms with Gasteiger partial charge in [-0.25, -0.2) is 9.37 Å². The number of ketones is 1. The van der Waals surface area contributed by atoms with Crippen molar-refractivity contribution in [3.8, 4) is 5.75 Å². The summed E-state index contributed by atoms with van der Waals surface area (Å²) < 4.78 is 20.9. The normalized spacial score (nSPS) is 10.9. The molecule has 3 rings (SSSR count). The number of fused-ring (bicyclic) bond motifs is 1. The fourth-order valence-electron chi connectivity index (χ4n) is 2.57. The number of halogens is 1. The van der Waals surface area contributed by atoms with Crippen LogP contribution in [0, 0.1) is 5.82 Å². The number of rotatable bonds is 6. The second-order valence-electron chi connectivity index (χ2n) is 5.26. The molecule has 0 fully saturated rings. The number of hydrogen-bond acceptors (Lipinski definition) is 3. The zero-order chi connectivity index (χ0) is 16.2. The summed E-state index contributed by atoms with van der Waals surface area (Å²) in [7, 11) is 0. The van der Waals surface area contributed by atoms with E-state index in [1.807, 2.05) is 28.8 Å². The molecule has 0 aliphatic carbocycles. The van der Waals surface area contributed by atoms with Crippen LogP contribution in [0.3, 0.4) is 0 Å². The molecule has 2 heterocycles. The van der Waals surface area contributed by atoms with Crippen molar-refractivity contribution in [1.29, 1.82) is 0 Å². The summed E-state index contributed by atoms with van der Waals surface area (Å²) in [5.74, 6) is -0.199. The minimum atomic E-state index is -0.436. The van der Waals surface area contributed by atoms with Gasteiger partial charge in [-0.2, -0.15) is 0 Å². The largest absolute Gasteiger partial charge is 0.491 e. The average molecular weight is 312 g/mol. The number of benzene rings is 1. The van der Waals surface area contributed by atoms with E-state index in [1.165, 1.54) is 6.07 Å². The maximum atomic E-state index is 13.8. The van der Waals surface area contributed by atoms with Gasteiger partial charge in [-0.05, 0) is 36.8 Å². The fourth-order valence-corrected chi connectivity index (χ4v) is 2.57. The van der Waals surface area contributed by atoms with Gasteiger partial charge >= 0.3 is 0 Å². The second kappa shape index (κ2) is 6.60. The molecule has 0 spiro atoms. The number of pyridine rings is 1. The number of carbonyl (C=O) groups excluding carboxylic acids is 1. The monoisotopic (exact) mass is 312 g/mol. The van der Waals surface area contributed by atoms with Crippen molar-refractivity contribution < 1.29 is 13.9 Å². The quantitative estimate of drug-likeness (QED) is 0.702. The lowest BCUT2D eigenvalue weighted by molar-refractivity contribution is -0.117. The Morgan fingerprint density at radius 2 is 2.13 bits per heavy atom. The van der Waals surface area contributed by atoms with Crippen LogP contribution < -0.4 is 4.74 Å². The third-order valence-electron chi connectivity index (χ3n) is 3.59. The van der Waals surface area contributed by atoms with E-state index in [0.29, 0.717) is 12.2 Å². The molecule has 0 amide bonds. The number of carbonyl (C=O) groups is 1. The van der Waals surface area contributed by atoms with Gasteiger partial charge in [-0.3, -0.25) is 4.79 Å². The molecule has 3 aromatic rings. The van der Waals surface area contributed by atoms with Crippen molar-refractivity contribution in [1.82, 2.24) is 9.38 Å². The molecule has 0 radical (unpaired) electrons. The Kier molecular flexibility index (Phi) is 4.37. The molecule has 1 aromatic carbocycles. The zero-order valence-electron chi connectivity index (χ0n) is 12.8. The predicted octanol–water partition coefficient (Wildman–Crippen LogP) is 3.23. The van der Waals surface area contributed by atoms with Gasteiger partial charge in [-0.15, -0.1) is 0 Å². The molecule has 5 heteroatoms. The maximum absolute atomic E-state index is 13.8. The third-order valence-corrected chi connectivity index (χ3v) is 3.59. The van der Waals surface area contributed by atoms with Crippen molar-refractivity contribution in [2.45, 2.75) is 19.8 Å². The van der Waals surface area contributed by atoms with Gasteiger partial charge in [-0.1, -0.05) is 12.1 Å². The lowest BCUT2D eigenvalue weighted by Crippen LogP contribution is -2.10. The third kappa shape index (κ3) is 3.39. The van der Waals surface area contributed by atoms with Gasteiger partial charge in [0.1, 0.15) is 11.4 Å². The molecule has 0 saturated heterocycles. The Labute approximate surface area is 133 Å². The lowest BCUT2D eigenvalue weighted by atomic mass is 10.0. The highest BCUT2D eigenvalue weighted by atomic mass is 19.1. The van der Waals surface area contributed by atoms with Gasteiger partial charge in [0, 0.05) is 30.9 Å². The van der Waals surface area contributed by atoms with Gasteiger partial charge in [0.2, 0.25) is 0 Å². The summed E-state index contributed by atoms with van der Waals surface area (Å²) in [4.78, 5) is 16.5. The predicted molar refractivity (Wildman–Crippen MR) is 85.2 cm³/mol. The van der Waals surface area contributed by atoms with E-state index in [0.717, 1.165) is 11.3 Å². The minimum absolute atomic E-state index is 0.0229. The van der Waals surface area contributed by atoms with Gasteiger partial charge < -0.3 is 9.14 Å². The van der Waals surface area contributed by atoms with Crippen LogP contribution in [0.2, 0.25) is 0 Å². The van der Waals surface area contributed by atoms with E-state index in [1.54, 1.807) is 25.3 Å². The molecule has 0 aliphatic heterocycles. The maximum Gasteiger partial charge on any atom is 0.165 e. The number of ether oxygens (including phenoxy) is 1. The summed E-state index contributed by atoms with van der Waals surface area (Å²) >= 11 is 0. The molecule has 0 bridgehead atoms. The lowest BCUT2D eigenvalue weighted by Gasteiger charge is -2.07. The standard InChI is InChI=1S/C18H17FN2O2/c1-2-23-17-7-6-13(11-16(17)19)10-15(22)12-14-4-3-5-18-20-8-9-21(14)18/h3-9,11H,2,10,12H2,1H3. The molecular weight excluding hydrogens is 295 g/mol. The molecule has 118 valence electrons. The summed E-state index contributed by atoms with van der Waals surface area (Å²) in [5, 5.41) is 0. The number of aromatic nitrogens is 2. The van der Waals surface area contributed by atoms with Crippen LogP contribution in [0.1, 0.15) is 18.2 Å². The van der Waals surface area contributed by atoms with Gasteiger partial charge in [0.05, 0.1) is 6.61 Å². The summed E-state index contributed by atoms with van der Waals surface area (Å²) in [6, 6.07) is 10.3. The number of nitrogens with zero attached hydrogens (tertiary/aromatic N) is 2. The van der Waals surface area contributed by atoms with E-state index in [9.17, 15) is 9.18 Å². The Morgan fingerprint density at radius 1 is 1.26 bits per heavy atom. The molecule has 0 unspecified atom stereocenters. The van der Waals surface area contributed by atoms with Crippen molar-refractivity contribution >= 4 is 11.4 Å². The second-order valence-corrected chi connectivity index (χ2v) is 5.26. The fraction of sp³-hybridized carbons (Fsp3) is 0.222. The summed E-state index contributed by atoms with van der Waals surface area (Å²) in [5.41, 5.74) is 2.33. The Balaban J connectivity index is 1.72. The van der Waals surface area contributed by atoms with Crippen molar-refractivity contribution in [2.24, 2.45) is 0 Å². The molecule has 0 atom stereocenters.